The van der Waals surface area contributed by atoms with Gasteiger partial charge in [-0.25, -0.2) is 23.7 Å². The maximum absolute atomic E-state index is 15.3. The first-order chi connectivity index (χ1) is 53.6. The number of aromatic nitrogens is 4. The zero-order valence-electron chi connectivity index (χ0n) is 63.9. The molecule has 5 amide bonds. The molecule has 0 bridgehead atoms. The molecule has 0 saturated heterocycles. The van der Waals surface area contributed by atoms with Crippen molar-refractivity contribution in [3.05, 3.63) is 262 Å². The van der Waals surface area contributed by atoms with E-state index in [2.05, 4.69) is 48.9 Å². The fourth-order valence-corrected chi connectivity index (χ4v) is 14.2. The molecular weight excluding hydrogens is 1450 g/mol. The Morgan fingerprint density at radius 2 is 0.947 bits per heavy atom. The quantitative estimate of drug-likeness (QED) is 0.0259. The van der Waals surface area contributed by atoms with E-state index in [4.69, 9.17) is 14.2 Å². The molecule has 582 valence electrons. The first kappa shape index (κ1) is 77.7. The van der Waals surface area contributed by atoms with Crippen molar-refractivity contribution in [2.45, 2.75) is 142 Å². The lowest BCUT2D eigenvalue weighted by Gasteiger charge is -2.35. The third-order valence-electron chi connectivity index (χ3n) is 19.5. The number of amides is 5. The van der Waals surface area contributed by atoms with Crippen molar-refractivity contribution in [3.8, 4) is 22.5 Å². The second-order valence-electron chi connectivity index (χ2n) is 32.0. The summed E-state index contributed by atoms with van der Waals surface area (Å²) in [6.45, 7) is 16.4. The van der Waals surface area contributed by atoms with Gasteiger partial charge in [0.2, 0.25) is 0 Å². The highest BCUT2D eigenvalue weighted by atomic mass is 19.4. The number of anilines is 2. The van der Waals surface area contributed by atoms with Gasteiger partial charge in [-0.3, -0.25) is 14.5 Å². The lowest BCUT2D eigenvalue weighted by Crippen LogP contribution is -2.41. The number of alkyl carbamates (subject to hydrolysis) is 2. The summed E-state index contributed by atoms with van der Waals surface area (Å²) in [5.41, 5.74) is -0.578. The predicted octanol–water partition coefficient (Wildman–Crippen LogP) is 20.8. The molecule has 2 aliphatic carbocycles. The third kappa shape index (κ3) is 18.5. The first-order valence-electron chi connectivity index (χ1n) is 37.6. The molecule has 0 spiro atoms. The van der Waals surface area contributed by atoms with Crippen LogP contribution in [-0.4, -0.2) is 84.4 Å². The van der Waals surface area contributed by atoms with Gasteiger partial charge in [0.25, 0.3) is 11.8 Å². The Hall–Kier alpha value is -12.1. The van der Waals surface area contributed by atoms with E-state index in [1.165, 1.54) is 18.2 Å². The monoisotopic (exact) mass is 1540 g/mol. The fraction of sp³-hybridized carbons (Fsp3) is 0.292. The molecule has 2 aromatic heterocycles. The second kappa shape index (κ2) is 30.9. The van der Waals surface area contributed by atoms with Crippen LogP contribution in [0, 0.1) is 11.8 Å². The zero-order valence-corrected chi connectivity index (χ0v) is 63.9. The van der Waals surface area contributed by atoms with Crippen LogP contribution in [-0.2, 0) is 39.7 Å². The van der Waals surface area contributed by atoms with E-state index in [0.717, 1.165) is 89.3 Å². The zero-order chi connectivity index (χ0) is 80.1. The summed E-state index contributed by atoms with van der Waals surface area (Å²) < 4.78 is 108. The molecule has 0 radical (unpaired) electrons. The summed E-state index contributed by atoms with van der Waals surface area (Å²) in [6.07, 6.45) is -8.13. The van der Waals surface area contributed by atoms with E-state index in [9.17, 15) is 32.3 Å². The highest BCUT2D eigenvalue weighted by Gasteiger charge is 2.40. The number of hydrogen-bond donors (Lipinski definition) is 5. The molecule has 10 aromatic carbocycles. The topological polar surface area (TPSA) is 212 Å². The molecule has 24 heteroatoms. The minimum atomic E-state index is -5.03. The summed E-state index contributed by atoms with van der Waals surface area (Å²) >= 11 is 0. The van der Waals surface area contributed by atoms with E-state index < -0.39 is 94.1 Å². The van der Waals surface area contributed by atoms with Gasteiger partial charge in [0.1, 0.15) is 28.2 Å². The molecule has 113 heavy (non-hydrogen) atoms. The minimum absolute atomic E-state index is 0.0361. The third-order valence-corrected chi connectivity index (χ3v) is 19.5. The van der Waals surface area contributed by atoms with Gasteiger partial charge in [-0.15, -0.1) is 0 Å². The van der Waals surface area contributed by atoms with Crippen molar-refractivity contribution in [1.29, 1.82) is 0 Å². The van der Waals surface area contributed by atoms with Crippen molar-refractivity contribution in [2.24, 2.45) is 11.8 Å². The van der Waals surface area contributed by atoms with E-state index in [-0.39, 0.29) is 41.8 Å². The van der Waals surface area contributed by atoms with Crippen LogP contribution >= 0.6 is 0 Å². The largest absolute Gasteiger partial charge is 0.444 e. The Morgan fingerprint density at radius 1 is 0.451 bits per heavy atom. The molecular formula is C89H86F6N10O8. The van der Waals surface area contributed by atoms with Gasteiger partial charge in [-0.2, -0.15) is 36.5 Å². The molecule has 2 fully saturated rings. The molecule has 18 nitrogen and oxygen atoms in total. The van der Waals surface area contributed by atoms with E-state index >= 15 is 18.0 Å². The fourth-order valence-electron chi connectivity index (χ4n) is 14.2. The van der Waals surface area contributed by atoms with Gasteiger partial charge in [0.05, 0.1) is 23.5 Å². The predicted molar refractivity (Wildman–Crippen MR) is 424 cm³/mol. The highest BCUT2D eigenvalue weighted by molar-refractivity contribution is 6.11. The van der Waals surface area contributed by atoms with Gasteiger partial charge in [-0.1, -0.05) is 121 Å². The molecule has 2 saturated carbocycles. The van der Waals surface area contributed by atoms with Crippen molar-refractivity contribution in [1.82, 2.24) is 40.4 Å². The number of carbonyl (C=O) groups excluding carboxylic acids is 5. The maximum atomic E-state index is 15.3. The van der Waals surface area contributed by atoms with E-state index in [0.29, 0.717) is 64.5 Å². The maximum Gasteiger partial charge on any atom is 0.435 e. The standard InChI is InChI=1S/C89H86F6N10O8/c1-85(2,3)111-82(108)97-49-54-19-16-25-64(38-54)104-74(46-76(101-104)88(90,91)92)80(106)99-62-23-17-21-58(41-62)78(96-48-52-31-32-52)72-45-61-40-56(35-36-67(61)69-28-12-14-29-70(69)72)60-37-55(50-98-83(109)112-86(4,5)6)39-65(43-60)105-75(47-77(102-105)89(93,94)95)81(107)100-63-24-18-22-59(42-63)79(103(51-53-33-34-53)84(110)113-87(7,8)9)73-44-57-20-10-11-26-66(57)68-27-13-15-30-71(68)73/h10-30,35-47,52-53,78-79,96H,31-34,48-51H2,1-9H3,(H,97,108)(H,98,109)(H,99,106)(H,100,107). The van der Waals surface area contributed by atoms with Gasteiger partial charge in [-0.05, 0) is 267 Å². The number of nitrogens with zero attached hydrogens (tertiary/aromatic N) is 5. The lowest BCUT2D eigenvalue weighted by molar-refractivity contribution is -0.142. The Balaban J connectivity index is 0.825. The number of benzene rings is 10. The Labute approximate surface area is 649 Å². The highest BCUT2D eigenvalue weighted by Crippen LogP contribution is 2.44. The van der Waals surface area contributed by atoms with Crippen LogP contribution < -0.4 is 26.6 Å². The summed E-state index contributed by atoms with van der Waals surface area (Å²) in [5.74, 6) is -1.26. The number of hydrogen-bond acceptors (Lipinski definition) is 11. The molecule has 2 unspecified atom stereocenters. The molecule has 5 N–H and O–H groups in total. The van der Waals surface area contributed by atoms with Crippen LogP contribution in [0.2, 0.25) is 0 Å². The summed E-state index contributed by atoms with van der Waals surface area (Å²) in [6, 6.07) is 58.9. The summed E-state index contributed by atoms with van der Waals surface area (Å²) in [7, 11) is 0. The van der Waals surface area contributed by atoms with Crippen LogP contribution in [0.3, 0.4) is 0 Å². The lowest BCUT2D eigenvalue weighted by atomic mass is 9.89. The van der Waals surface area contributed by atoms with Crippen molar-refractivity contribution < 1.29 is 64.5 Å². The van der Waals surface area contributed by atoms with E-state index in [1.807, 2.05) is 103 Å². The number of alkyl halides is 6. The number of fused-ring (bicyclic) bond motifs is 6. The summed E-state index contributed by atoms with van der Waals surface area (Å²) in [5, 5.41) is 30.1. The Morgan fingerprint density at radius 3 is 1.52 bits per heavy atom. The first-order valence-corrected chi connectivity index (χ1v) is 37.6. The van der Waals surface area contributed by atoms with Crippen LogP contribution in [0.5, 0.6) is 0 Å². The average molecular weight is 1540 g/mol. The van der Waals surface area contributed by atoms with Crippen LogP contribution in [0.1, 0.15) is 166 Å². The number of halogens is 6. The van der Waals surface area contributed by atoms with Crippen molar-refractivity contribution in [2.75, 3.05) is 23.7 Å². The number of nitrogens with one attached hydrogen (secondary N) is 5. The smallest absolute Gasteiger partial charge is 0.435 e. The number of rotatable bonds is 21. The molecule has 2 aliphatic rings. The molecule has 2 atom stereocenters. The number of ether oxygens (including phenoxy) is 3. The molecule has 2 heterocycles. The van der Waals surface area contributed by atoms with E-state index in [1.54, 1.807) is 128 Å². The average Bonchev–Trinajstić information content (AvgIpc) is 1.11. The second-order valence-corrected chi connectivity index (χ2v) is 32.0. The van der Waals surface area contributed by atoms with Crippen LogP contribution in [0.25, 0.3) is 65.6 Å². The SMILES string of the molecule is CC(C)(C)OC(=O)NCc1cccc(-n2nc(C(F)(F)F)cc2C(=O)Nc2cccc(C(NCC3CC3)c3cc4cc(-c5cc(CNC(=O)OC(C)(C)C)cc(-n6nc(C(F)(F)F)cc6C(=O)Nc6cccc(C(c7cc8ccccc8c8ccccc78)N(CC7CC7)C(=O)OC(C)(C)C)c6)c5)ccc4c4ccccc34)c2)c1. The van der Waals surface area contributed by atoms with Gasteiger partial charge in [0.15, 0.2) is 11.4 Å². The van der Waals surface area contributed by atoms with Crippen molar-refractivity contribution >= 4 is 84.6 Å². The van der Waals surface area contributed by atoms with Crippen molar-refractivity contribution in [3.63, 3.8) is 0 Å². The normalized spacial score (nSPS) is 14.0. The summed E-state index contributed by atoms with van der Waals surface area (Å²) in [4.78, 5) is 72.1. The van der Waals surface area contributed by atoms with Gasteiger partial charge in [0, 0.05) is 43.1 Å². The molecule has 14 rings (SSSR count). The van der Waals surface area contributed by atoms with Crippen LogP contribution in [0.4, 0.5) is 52.1 Å². The molecule has 0 aliphatic heterocycles. The number of carbonyl (C=O) groups is 5. The van der Waals surface area contributed by atoms with Crippen LogP contribution in [0.15, 0.2) is 206 Å². The van der Waals surface area contributed by atoms with Gasteiger partial charge >= 0.3 is 30.6 Å². The Kier molecular flexibility index (Phi) is 21.2. The Bertz CT molecular complexity index is 5670. The van der Waals surface area contributed by atoms with Gasteiger partial charge < -0.3 is 40.8 Å². The molecule has 12 aromatic rings. The minimum Gasteiger partial charge on any atom is -0.444 e.